The number of amides is 1. The monoisotopic (exact) mass is 574 g/mol. The van der Waals surface area contributed by atoms with E-state index in [1.807, 2.05) is 41.2 Å². The van der Waals surface area contributed by atoms with E-state index in [9.17, 15) is 18.5 Å². The smallest absolute Gasteiger partial charge is 0.225 e. The molecule has 1 aromatic carbocycles. The number of aromatic nitrogens is 3. The summed E-state index contributed by atoms with van der Waals surface area (Å²) in [5.74, 6) is 0.432. The van der Waals surface area contributed by atoms with Crippen LogP contribution in [0.25, 0.3) is 16.8 Å². The van der Waals surface area contributed by atoms with Crippen molar-refractivity contribution in [3.8, 4) is 28.8 Å². The van der Waals surface area contributed by atoms with Gasteiger partial charge in [0.2, 0.25) is 11.8 Å². The summed E-state index contributed by atoms with van der Waals surface area (Å²) in [5, 5.41) is 17.6. The number of pyridine rings is 1. The minimum Gasteiger partial charge on any atom is -0.481 e. The van der Waals surface area contributed by atoms with E-state index >= 15 is 0 Å². The molecule has 0 unspecified atom stereocenters. The first-order valence-electron chi connectivity index (χ1n) is 14.2. The molecular formula is C30H34N6O4S. The Morgan fingerprint density at radius 3 is 2.41 bits per heavy atom. The molecule has 1 amide bonds. The number of hydrogen-bond acceptors (Lipinski definition) is 8. The van der Waals surface area contributed by atoms with Crippen LogP contribution in [0.15, 0.2) is 48.8 Å². The number of anilines is 1. The zero-order valence-corrected chi connectivity index (χ0v) is 23.9. The molecule has 1 aliphatic heterocycles. The third-order valence-corrected chi connectivity index (χ3v) is 10.2. The van der Waals surface area contributed by atoms with Crippen LogP contribution in [-0.2, 0) is 14.6 Å². The molecule has 1 saturated heterocycles. The zero-order chi connectivity index (χ0) is 28.6. The molecule has 0 spiro atoms. The summed E-state index contributed by atoms with van der Waals surface area (Å²) < 4.78 is 30.8. The normalized spacial score (nSPS) is 22.9. The molecule has 2 saturated carbocycles. The molecule has 3 heterocycles. The van der Waals surface area contributed by atoms with E-state index in [4.69, 9.17) is 9.84 Å². The maximum Gasteiger partial charge on any atom is 0.225 e. The van der Waals surface area contributed by atoms with Crippen LogP contribution in [0.5, 0.6) is 5.88 Å². The van der Waals surface area contributed by atoms with E-state index in [0.717, 1.165) is 53.9 Å². The predicted octanol–water partition coefficient (Wildman–Crippen LogP) is 3.62. The molecule has 6 rings (SSSR count). The van der Waals surface area contributed by atoms with Gasteiger partial charge in [-0.25, -0.2) is 18.1 Å². The van der Waals surface area contributed by atoms with Gasteiger partial charge >= 0.3 is 0 Å². The van der Waals surface area contributed by atoms with E-state index in [2.05, 4.69) is 21.3 Å². The molecule has 2 aliphatic carbocycles. The number of benzene rings is 1. The van der Waals surface area contributed by atoms with Gasteiger partial charge in [-0.15, -0.1) is 0 Å². The standard InChI is InChI=1S/C30H34N6O4S/c1-40-27-11-10-23(18-32-27)36-19-26(21-6-8-22(9-7-21)35-14-16-41(38,39)17-15-35)28(34-36)24-4-2-3-5-25(24)29(37)33-30(20-31)12-13-30/h6-11,18-19,24-25H,2-5,12-17H2,1H3,(H,33,37)/t24-,25-/m1/s1. The number of sulfone groups is 1. The second kappa shape index (κ2) is 10.8. The summed E-state index contributed by atoms with van der Waals surface area (Å²) >= 11 is 0. The fraction of sp³-hybridized carbons (Fsp3) is 0.467. The Balaban J connectivity index is 1.35. The number of nitrogens with zero attached hydrogens (tertiary/aromatic N) is 5. The maximum atomic E-state index is 13.5. The molecule has 11 heteroatoms. The molecule has 0 bridgehead atoms. The Morgan fingerprint density at radius 2 is 1.78 bits per heavy atom. The number of carbonyl (C=O) groups is 1. The Morgan fingerprint density at radius 1 is 1.07 bits per heavy atom. The van der Waals surface area contributed by atoms with Crippen LogP contribution in [0.2, 0.25) is 0 Å². The van der Waals surface area contributed by atoms with E-state index in [1.54, 1.807) is 19.4 Å². The first-order chi connectivity index (χ1) is 19.8. The number of methoxy groups -OCH3 is 1. The number of carbonyl (C=O) groups excluding carboxylic acids is 1. The van der Waals surface area contributed by atoms with Crippen LogP contribution >= 0.6 is 0 Å². The summed E-state index contributed by atoms with van der Waals surface area (Å²) in [6, 6.07) is 14.1. The van der Waals surface area contributed by atoms with E-state index in [-0.39, 0.29) is 29.2 Å². The molecule has 2 aromatic heterocycles. The summed E-state index contributed by atoms with van der Waals surface area (Å²) in [6.45, 7) is 0.969. The highest BCUT2D eigenvalue weighted by Crippen LogP contribution is 2.43. The minimum atomic E-state index is -2.96. The van der Waals surface area contributed by atoms with Crippen LogP contribution < -0.4 is 15.0 Å². The van der Waals surface area contributed by atoms with Crippen molar-refractivity contribution < 1.29 is 17.9 Å². The van der Waals surface area contributed by atoms with Gasteiger partial charge in [-0.3, -0.25) is 4.79 Å². The molecule has 2 atom stereocenters. The van der Waals surface area contributed by atoms with Gasteiger partial charge in [0.25, 0.3) is 0 Å². The van der Waals surface area contributed by atoms with Crippen LogP contribution in [0.4, 0.5) is 5.69 Å². The van der Waals surface area contributed by atoms with E-state index < -0.39 is 15.4 Å². The molecular weight excluding hydrogens is 540 g/mol. The van der Waals surface area contributed by atoms with Crippen molar-refractivity contribution in [2.45, 2.75) is 50.0 Å². The topological polar surface area (TPSA) is 130 Å². The van der Waals surface area contributed by atoms with Gasteiger partial charge < -0.3 is 15.0 Å². The van der Waals surface area contributed by atoms with E-state index in [1.165, 1.54) is 0 Å². The number of hydrogen-bond donors (Lipinski definition) is 1. The predicted molar refractivity (Wildman–Crippen MR) is 155 cm³/mol. The Hall–Kier alpha value is -3.91. The van der Waals surface area contributed by atoms with Crippen molar-refractivity contribution in [3.63, 3.8) is 0 Å². The van der Waals surface area contributed by atoms with Crippen molar-refractivity contribution >= 4 is 21.4 Å². The lowest BCUT2D eigenvalue weighted by Crippen LogP contribution is -2.42. The molecule has 3 fully saturated rings. The maximum absolute atomic E-state index is 13.5. The van der Waals surface area contributed by atoms with E-state index in [0.29, 0.717) is 31.8 Å². The van der Waals surface area contributed by atoms with Crippen molar-refractivity contribution in [1.29, 1.82) is 5.26 Å². The lowest BCUT2D eigenvalue weighted by molar-refractivity contribution is -0.127. The van der Waals surface area contributed by atoms with Crippen LogP contribution in [0, 0.1) is 17.2 Å². The van der Waals surface area contributed by atoms with Crippen molar-refractivity contribution in [1.82, 2.24) is 20.1 Å². The average molecular weight is 575 g/mol. The molecule has 41 heavy (non-hydrogen) atoms. The molecule has 10 nitrogen and oxygen atoms in total. The third-order valence-electron chi connectivity index (χ3n) is 8.61. The lowest BCUT2D eigenvalue weighted by Gasteiger charge is -2.31. The van der Waals surface area contributed by atoms with Gasteiger partial charge in [-0.1, -0.05) is 25.0 Å². The van der Waals surface area contributed by atoms with Gasteiger partial charge in [0, 0.05) is 48.4 Å². The fourth-order valence-corrected chi connectivity index (χ4v) is 7.16. The van der Waals surface area contributed by atoms with Crippen LogP contribution in [0.1, 0.15) is 50.1 Å². The third kappa shape index (κ3) is 5.66. The van der Waals surface area contributed by atoms with Gasteiger partial charge in [-0.2, -0.15) is 10.4 Å². The molecule has 214 valence electrons. The largest absolute Gasteiger partial charge is 0.481 e. The van der Waals surface area contributed by atoms with Crippen molar-refractivity contribution in [2.24, 2.45) is 5.92 Å². The number of ether oxygens (including phenoxy) is 1. The Bertz CT molecular complexity index is 1560. The lowest BCUT2D eigenvalue weighted by atomic mass is 9.75. The molecule has 3 aliphatic rings. The Kier molecular flexibility index (Phi) is 7.20. The second-order valence-corrected chi connectivity index (χ2v) is 13.6. The summed E-state index contributed by atoms with van der Waals surface area (Å²) in [5.41, 5.74) is 3.83. The molecule has 3 aromatic rings. The first-order valence-corrected chi connectivity index (χ1v) is 16.0. The highest BCUT2D eigenvalue weighted by Gasteiger charge is 2.47. The van der Waals surface area contributed by atoms with Gasteiger partial charge in [0.15, 0.2) is 9.84 Å². The van der Waals surface area contributed by atoms with Crippen molar-refractivity contribution in [2.75, 3.05) is 36.6 Å². The Labute approximate surface area is 240 Å². The molecule has 0 radical (unpaired) electrons. The quantitative estimate of drug-likeness (QED) is 0.453. The average Bonchev–Trinajstić information content (AvgIpc) is 3.63. The minimum absolute atomic E-state index is 0.0595. The first kappa shape index (κ1) is 27.3. The highest BCUT2D eigenvalue weighted by molar-refractivity contribution is 7.91. The number of nitriles is 1. The fourth-order valence-electron chi connectivity index (χ4n) is 5.96. The van der Waals surface area contributed by atoms with Gasteiger partial charge in [-0.05, 0) is 49.4 Å². The zero-order valence-electron chi connectivity index (χ0n) is 23.1. The summed E-state index contributed by atoms with van der Waals surface area (Å²) in [7, 11) is -1.38. The van der Waals surface area contributed by atoms with Crippen LogP contribution in [-0.4, -0.2) is 66.3 Å². The SMILES string of the molecule is COc1ccc(-n2cc(-c3ccc(N4CCS(=O)(=O)CC4)cc3)c([C@@H]3CCCC[C@H]3C(=O)NC3(C#N)CC3)n2)cn1. The highest BCUT2D eigenvalue weighted by atomic mass is 32.2. The van der Waals surface area contributed by atoms with Crippen LogP contribution in [0.3, 0.4) is 0 Å². The summed E-state index contributed by atoms with van der Waals surface area (Å²) in [6.07, 6.45) is 8.66. The number of rotatable bonds is 7. The second-order valence-electron chi connectivity index (χ2n) is 11.3. The number of nitrogens with one attached hydrogen (secondary N) is 1. The van der Waals surface area contributed by atoms with Gasteiger partial charge in [0.1, 0.15) is 5.54 Å². The van der Waals surface area contributed by atoms with Crippen molar-refractivity contribution in [3.05, 3.63) is 54.5 Å². The summed E-state index contributed by atoms with van der Waals surface area (Å²) in [4.78, 5) is 19.9. The van der Waals surface area contributed by atoms with Gasteiger partial charge in [0.05, 0.1) is 42.3 Å². The molecule has 1 N–H and O–H groups in total.